The predicted octanol–water partition coefficient (Wildman–Crippen LogP) is 5.41. The third-order valence-corrected chi connectivity index (χ3v) is 5.48. The van der Waals surface area contributed by atoms with Gasteiger partial charge in [-0.05, 0) is 55.4 Å². The number of hydrogen-bond acceptors (Lipinski definition) is 4. The number of carbonyl (C=O) groups is 2. The maximum atomic E-state index is 12.1. The number of carbonyl (C=O) groups excluding carboxylic acids is 2. The van der Waals surface area contributed by atoms with Gasteiger partial charge in [-0.25, -0.2) is 4.79 Å². The molecule has 6 heteroatoms. The molecule has 0 bridgehead atoms. The minimum absolute atomic E-state index is 0.0662. The van der Waals surface area contributed by atoms with Crippen LogP contribution in [0.5, 0.6) is 0 Å². The molecule has 0 aromatic heterocycles. The van der Waals surface area contributed by atoms with Gasteiger partial charge in [0.2, 0.25) is 0 Å². The Morgan fingerprint density at radius 1 is 0.933 bits per heavy atom. The summed E-state index contributed by atoms with van der Waals surface area (Å²) < 4.78 is 10.0. The van der Waals surface area contributed by atoms with Crippen LogP contribution >= 0.6 is 15.9 Å². The van der Waals surface area contributed by atoms with Crippen molar-refractivity contribution in [2.24, 2.45) is 0 Å². The summed E-state index contributed by atoms with van der Waals surface area (Å²) in [6, 6.07) is 16.5. The van der Waals surface area contributed by atoms with Gasteiger partial charge < -0.3 is 14.8 Å². The Labute approximate surface area is 186 Å². The first-order valence-electron chi connectivity index (χ1n) is 10.3. The molecule has 0 fully saturated rings. The second kappa shape index (κ2) is 10.1. The topological polar surface area (TPSA) is 64.6 Å². The zero-order chi connectivity index (χ0) is 21.6. The van der Waals surface area contributed by atoms with Crippen molar-refractivity contribution in [1.29, 1.82) is 0 Å². The molecule has 3 rings (SSSR count). The van der Waals surface area contributed by atoms with E-state index in [2.05, 4.69) is 45.5 Å². The average molecular weight is 474 g/mol. The van der Waals surface area contributed by atoms with Gasteiger partial charge in [-0.15, -0.1) is 0 Å². The van der Waals surface area contributed by atoms with Gasteiger partial charge in [0.15, 0.2) is 0 Å². The van der Waals surface area contributed by atoms with Crippen molar-refractivity contribution in [2.75, 3.05) is 19.8 Å². The first-order valence-corrected chi connectivity index (χ1v) is 11.1. The standard InChI is InChI=1S/C24H28BrNO4/c1-24(2,25)22(27)29-15-9-3-8-14-26-23(28)30-16-21-19-12-6-4-10-17(19)18-11-5-7-13-20(18)21/h4-7,10-13,21H,3,8-9,14-16H2,1-2H3,(H,26,28). The van der Waals surface area contributed by atoms with Crippen molar-refractivity contribution in [3.63, 3.8) is 0 Å². The number of ether oxygens (including phenoxy) is 2. The summed E-state index contributed by atoms with van der Waals surface area (Å²) in [4.78, 5) is 23.7. The zero-order valence-electron chi connectivity index (χ0n) is 17.4. The molecule has 160 valence electrons. The molecule has 0 spiro atoms. The third-order valence-electron chi connectivity index (χ3n) is 5.15. The number of esters is 1. The molecule has 2 aromatic rings. The summed E-state index contributed by atoms with van der Waals surface area (Å²) in [5.74, 6) is -0.198. The van der Waals surface area contributed by atoms with Gasteiger partial charge in [-0.2, -0.15) is 0 Å². The molecule has 0 saturated carbocycles. The Hall–Kier alpha value is -2.34. The molecule has 0 unspecified atom stereocenters. The summed E-state index contributed by atoms with van der Waals surface area (Å²) in [6.07, 6.45) is 2.03. The number of rotatable bonds is 9. The van der Waals surface area contributed by atoms with Crippen molar-refractivity contribution in [1.82, 2.24) is 5.32 Å². The number of hydrogen-bond donors (Lipinski definition) is 1. The van der Waals surface area contributed by atoms with Crippen LogP contribution in [0.3, 0.4) is 0 Å². The van der Waals surface area contributed by atoms with Crippen LogP contribution in [-0.2, 0) is 14.3 Å². The zero-order valence-corrected chi connectivity index (χ0v) is 19.0. The fraction of sp³-hybridized carbons (Fsp3) is 0.417. The van der Waals surface area contributed by atoms with Gasteiger partial charge in [0.1, 0.15) is 10.9 Å². The van der Waals surface area contributed by atoms with Gasteiger partial charge in [-0.1, -0.05) is 64.5 Å². The molecule has 0 heterocycles. The number of benzene rings is 2. The van der Waals surface area contributed by atoms with Crippen molar-refractivity contribution < 1.29 is 19.1 Å². The highest BCUT2D eigenvalue weighted by molar-refractivity contribution is 9.10. The van der Waals surface area contributed by atoms with Crippen molar-refractivity contribution in [3.05, 3.63) is 59.7 Å². The molecule has 1 N–H and O–H groups in total. The van der Waals surface area contributed by atoms with E-state index in [1.165, 1.54) is 22.3 Å². The van der Waals surface area contributed by atoms with Crippen LogP contribution in [0.4, 0.5) is 4.79 Å². The van der Waals surface area contributed by atoms with Gasteiger partial charge in [-0.3, -0.25) is 4.79 Å². The molecule has 0 aliphatic heterocycles. The quantitative estimate of drug-likeness (QED) is 0.300. The summed E-state index contributed by atoms with van der Waals surface area (Å²) in [6.45, 7) is 4.76. The number of fused-ring (bicyclic) bond motifs is 3. The van der Waals surface area contributed by atoms with Crippen LogP contribution in [-0.4, -0.2) is 36.1 Å². The lowest BCUT2D eigenvalue weighted by atomic mass is 9.98. The lowest BCUT2D eigenvalue weighted by Crippen LogP contribution is -2.27. The van der Waals surface area contributed by atoms with Crippen LogP contribution in [0.25, 0.3) is 11.1 Å². The van der Waals surface area contributed by atoms with Gasteiger partial charge in [0, 0.05) is 12.5 Å². The molecule has 0 radical (unpaired) electrons. The SMILES string of the molecule is CC(C)(Br)C(=O)OCCCCCNC(=O)OCC1c2ccccc2-c2ccccc21. The number of unbranched alkanes of at least 4 members (excludes halogenated alkanes) is 2. The van der Waals surface area contributed by atoms with Crippen LogP contribution in [0.2, 0.25) is 0 Å². The molecular formula is C24H28BrNO4. The smallest absolute Gasteiger partial charge is 0.407 e. The summed E-state index contributed by atoms with van der Waals surface area (Å²) in [5, 5.41) is 2.80. The Morgan fingerprint density at radius 2 is 1.53 bits per heavy atom. The average Bonchev–Trinajstić information content (AvgIpc) is 3.04. The molecule has 5 nitrogen and oxygen atoms in total. The second-order valence-electron chi connectivity index (χ2n) is 7.92. The first-order chi connectivity index (χ1) is 14.4. The van der Waals surface area contributed by atoms with Crippen LogP contribution in [0.15, 0.2) is 48.5 Å². The predicted molar refractivity (Wildman–Crippen MR) is 121 cm³/mol. The fourth-order valence-corrected chi connectivity index (χ4v) is 3.69. The van der Waals surface area contributed by atoms with Crippen LogP contribution in [0, 0.1) is 0 Å². The van der Waals surface area contributed by atoms with E-state index in [0.29, 0.717) is 19.8 Å². The molecule has 0 saturated heterocycles. The molecule has 1 aliphatic rings. The molecule has 30 heavy (non-hydrogen) atoms. The van der Waals surface area contributed by atoms with Gasteiger partial charge >= 0.3 is 12.1 Å². The highest BCUT2D eigenvalue weighted by Crippen LogP contribution is 2.44. The third kappa shape index (κ3) is 5.63. The van der Waals surface area contributed by atoms with Gasteiger partial charge in [0.05, 0.1) is 6.61 Å². The second-order valence-corrected chi connectivity index (χ2v) is 9.90. The molecule has 0 atom stereocenters. The minimum Gasteiger partial charge on any atom is -0.465 e. The van der Waals surface area contributed by atoms with E-state index in [1.54, 1.807) is 13.8 Å². The highest BCUT2D eigenvalue weighted by atomic mass is 79.9. The summed E-state index contributed by atoms with van der Waals surface area (Å²) >= 11 is 3.28. The highest BCUT2D eigenvalue weighted by Gasteiger charge is 2.29. The Morgan fingerprint density at radius 3 is 2.13 bits per heavy atom. The number of alkyl carbamates (subject to hydrolysis) is 1. The lowest BCUT2D eigenvalue weighted by molar-refractivity contribution is -0.145. The van der Waals surface area contributed by atoms with Crippen molar-refractivity contribution in [3.8, 4) is 11.1 Å². The van der Waals surface area contributed by atoms with Gasteiger partial charge in [0.25, 0.3) is 0 Å². The molecule has 1 aliphatic carbocycles. The normalized spacial score (nSPS) is 12.8. The van der Waals surface area contributed by atoms with E-state index in [4.69, 9.17) is 9.47 Å². The van der Waals surface area contributed by atoms with E-state index in [0.717, 1.165) is 19.3 Å². The first kappa shape index (κ1) is 22.3. The van der Waals surface area contributed by atoms with E-state index in [-0.39, 0.29) is 11.9 Å². The summed E-state index contributed by atoms with van der Waals surface area (Å²) in [7, 11) is 0. The number of alkyl halides is 1. The monoisotopic (exact) mass is 473 g/mol. The largest absolute Gasteiger partial charge is 0.465 e. The van der Waals surface area contributed by atoms with E-state index in [9.17, 15) is 9.59 Å². The van der Waals surface area contributed by atoms with Crippen LogP contribution in [0.1, 0.15) is 50.2 Å². The Bertz CT molecular complexity index is 845. The fourth-order valence-electron chi connectivity index (χ4n) is 3.58. The Balaban J connectivity index is 1.36. The number of amides is 1. The molecular weight excluding hydrogens is 446 g/mol. The molecule has 2 aromatic carbocycles. The van der Waals surface area contributed by atoms with Crippen LogP contribution < -0.4 is 5.32 Å². The molecule has 1 amide bonds. The van der Waals surface area contributed by atoms with Crippen molar-refractivity contribution >= 4 is 28.0 Å². The van der Waals surface area contributed by atoms with E-state index < -0.39 is 10.4 Å². The number of halogens is 1. The maximum absolute atomic E-state index is 12.1. The number of nitrogens with one attached hydrogen (secondary N) is 1. The lowest BCUT2D eigenvalue weighted by Gasteiger charge is -2.15. The van der Waals surface area contributed by atoms with E-state index in [1.807, 2.05) is 24.3 Å². The van der Waals surface area contributed by atoms with E-state index >= 15 is 0 Å². The van der Waals surface area contributed by atoms with Crippen molar-refractivity contribution in [2.45, 2.75) is 43.4 Å². The minimum atomic E-state index is -0.654. The maximum Gasteiger partial charge on any atom is 0.407 e. The Kier molecular flexibility index (Phi) is 7.53. The summed E-state index contributed by atoms with van der Waals surface area (Å²) in [5.41, 5.74) is 4.83.